The Morgan fingerprint density at radius 2 is 2.21 bits per heavy atom. The SMILES string of the molecule is O=C(CC1C=CCC1)Nc1ccc(C(=O)O)c(Cl)c1. The fraction of sp³-hybridized carbons (Fsp3) is 0.286. The first-order valence-electron chi connectivity index (χ1n) is 6.05. The lowest BCUT2D eigenvalue weighted by Gasteiger charge is -2.09. The Morgan fingerprint density at radius 3 is 2.79 bits per heavy atom. The minimum absolute atomic E-state index is 0.0263. The third kappa shape index (κ3) is 3.58. The highest BCUT2D eigenvalue weighted by Crippen LogP contribution is 2.23. The lowest BCUT2D eigenvalue weighted by Crippen LogP contribution is -2.15. The van der Waals surface area contributed by atoms with Crippen LogP contribution in [0.2, 0.25) is 5.02 Å². The van der Waals surface area contributed by atoms with Crippen LogP contribution in [0.3, 0.4) is 0 Å². The summed E-state index contributed by atoms with van der Waals surface area (Å²) in [5.74, 6) is -0.872. The van der Waals surface area contributed by atoms with Gasteiger partial charge < -0.3 is 10.4 Å². The first kappa shape index (κ1) is 13.6. The molecule has 1 unspecified atom stereocenters. The van der Waals surface area contributed by atoms with Gasteiger partial charge in [-0.1, -0.05) is 23.8 Å². The molecule has 0 saturated heterocycles. The quantitative estimate of drug-likeness (QED) is 0.831. The van der Waals surface area contributed by atoms with Crippen LogP contribution >= 0.6 is 11.6 Å². The minimum Gasteiger partial charge on any atom is -0.478 e. The summed E-state index contributed by atoms with van der Waals surface area (Å²) in [6.45, 7) is 0. The second kappa shape index (κ2) is 5.89. The van der Waals surface area contributed by atoms with E-state index < -0.39 is 5.97 Å². The van der Waals surface area contributed by atoms with Crippen LogP contribution in [-0.4, -0.2) is 17.0 Å². The molecule has 0 aromatic heterocycles. The summed E-state index contributed by atoms with van der Waals surface area (Å²) in [6.07, 6.45) is 6.61. The third-order valence-electron chi connectivity index (χ3n) is 3.04. The number of halogens is 1. The lowest BCUT2D eigenvalue weighted by atomic mass is 10.0. The van der Waals surface area contributed by atoms with Gasteiger partial charge in [0, 0.05) is 12.1 Å². The van der Waals surface area contributed by atoms with E-state index >= 15 is 0 Å². The fourth-order valence-corrected chi connectivity index (χ4v) is 2.34. The molecule has 0 heterocycles. The van der Waals surface area contributed by atoms with Gasteiger partial charge in [0.25, 0.3) is 0 Å². The molecule has 0 saturated carbocycles. The van der Waals surface area contributed by atoms with Gasteiger partial charge in [0.05, 0.1) is 10.6 Å². The molecule has 100 valence electrons. The third-order valence-corrected chi connectivity index (χ3v) is 3.36. The first-order chi connectivity index (χ1) is 9.06. The molecule has 5 heteroatoms. The zero-order chi connectivity index (χ0) is 13.8. The predicted molar refractivity (Wildman–Crippen MR) is 73.5 cm³/mol. The van der Waals surface area contributed by atoms with Gasteiger partial charge in [0.15, 0.2) is 0 Å². The smallest absolute Gasteiger partial charge is 0.337 e. The van der Waals surface area contributed by atoms with Gasteiger partial charge in [-0.2, -0.15) is 0 Å². The number of amides is 1. The fourth-order valence-electron chi connectivity index (χ4n) is 2.08. The largest absolute Gasteiger partial charge is 0.478 e. The van der Waals surface area contributed by atoms with E-state index in [0.717, 1.165) is 12.8 Å². The summed E-state index contributed by atoms with van der Waals surface area (Å²) in [4.78, 5) is 22.6. The number of nitrogens with one attached hydrogen (secondary N) is 1. The van der Waals surface area contributed by atoms with Crippen molar-refractivity contribution < 1.29 is 14.7 Å². The summed E-state index contributed by atoms with van der Waals surface area (Å²) in [5, 5.41) is 11.7. The number of carboxylic acid groups (broad SMARTS) is 1. The van der Waals surface area contributed by atoms with Crippen molar-refractivity contribution in [3.8, 4) is 0 Å². The number of benzene rings is 1. The Bertz CT molecular complexity index is 539. The summed E-state index contributed by atoms with van der Waals surface area (Å²) in [5.41, 5.74) is 0.542. The second-order valence-electron chi connectivity index (χ2n) is 4.52. The van der Waals surface area contributed by atoms with Crippen molar-refractivity contribution in [2.24, 2.45) is 5.92 Å². The van der Waals surface area contributed by atoms with E-state index in [9.17, 15) is 9.59 Å². The van der Waals surface area contributed by atoms with Crippen LogP contribution in [0, 0.1) is 5.92 Å². The van der Waals surface area contributed by atoms with E-state index in [0.29, 0.717) is 18.0 Å². The van der Waals surface area contributed by atoms with Gasteiger partial charge in [0.2, 0.25) is 5.91 Å². The number of aromatic carboxylic acids is 1. The molecule has 0 spiro atoms. The first-order valence-corrected chi connectivity index (χ1v) is 6.43. The van der Waals surface area contributed by atoms with Crippen LogP contribution in [0.15, 0.2) is 30.4 Å². The van der Waals surface area contributed by atoms with Gasteiger partial charge in [-0.05, 0) is 37.0 Å². The molecule has 1 amide bonds. The maximum absolute atomic E-state index is 11.8. The number of rotatable bonds is 4. The summed E-state index contributed by atoms with van der Waals surface area (Å²) < 4.78 is 0. The Kier molecular flexibility index (Phi) is 4.22. The molecule has 0 fully saturated rings. The van der Waals surface area contributed by atoms with E-state index in [4.69, 9.17) is 16.7 Å². The minimum atomic E-state index is -1.08. The second-order valence-corrected chi connectivity index (χ2v) is 4.92. The molecule has 0 aliphatic heterocycles. The maximum atomic E-state index is 11.8. The monoisotopic (exact) mass is 279 g/mol. The predicted octanol–water partition coefficient (Wildman–Crippen LogP) is 3.33. The molecule has 2 N–H and O–H groups in total. The summed E-state index contributed by atoms with van der Waals surface area (Å²) >= 11 is 5.83. The molecule has 1 aliphatic rings. The number of hydrogen-bond donors (Lipinski definition) is 2. The van der Waals surface area contributed by atoms with E-state index in [1.54, 1.807) is 0 Å². The van der Waals surface area contributed by atoms with Crippen LogP contribution < -0.4 is 5.32 Å². The molecule has 0 bridgehead atoms. The summed E-state index contributed by atoms with van der Waals surface area (Å²) in [7, 11) is 0. The zero-order valence-corrected chi connectivity index (χ0v) is 11.0. The number of carbonyl (C=O) groups is 2. The number of allylic oxidation sites excluding steroid dienone is 2. The molecule has 1 aliphatic carbocycles. The highest BCUT2D eigenvalue weighted by Gasteiger charge is 2.15. The average Bonchev–Trinajstić information content (AvgIpc) is 2.81. The van der Waals surface area contributed by atoms with Crippen molar-refractivity contribution in [2.45, 2.75) is 19.3 Å². The highest BCUT2D eigenvalue weighted by atomic mass is 35.5. The van der Waals surface area contributed by atoms with Crippen LogP contribution in [0.25, 0.3) is 0 Å². The van der Waals surface area contributed by atoms with Crippen LogP contribution in [0.4, 0.5) is 5.69 Å². The van der Waals surface area contributed by atoms with Crippen molar-refractivity contribution in [1.29, 1.82) is 0 Å². The number of carboxylic acids is 1. The van der Waals surface area contributed by atoms with E-state index in [-0.39, 0.29) is 16.5 Å². The Hall–Kier alpha value is -1.81. The molecular weight excluding hydrogens is 266 g/mol. The molecule has 1 aromatic carbocycles. The Balaban J connectivity index is 1.98. The molecule has 0 radical (unpaired) electrons. The number of hydrogen-bond acceptors (Lipinski definition) is 2. The van der Waals surface area contributed by atoms with Gasteiger partial charge in [-0.25, -0.2) is 4.79 Å². The van der Waals surface area contributed by atoms with Crippen molar-refractivity contribution >= 4 is 29.2 Å². The van der Waals surface area contributed by atoms with Crippen LogP contribution in [-0.2, 0) is 4.79 Å². The molecular formula is C14H14ClNO3. The normalized spacial score (nSPS) is 17.4. The molecule has 19 heavy (non-hydrogen) atoms. The molecule has 1 atom stereocenters. The zero-order valence-electron chi connectivity index (χ0n) is 10.2. The van der Waals surface area contributed by atoms with Gasteiger partial charge in [-0.15, -0.1) is 0 Å². The van der Waals surface area contributed by atoms with E-state index in [1.165, 1.54) is 18.2 Å². The van der Waals surface area contributed by atoms with Gasteiger partial charge in [0.1, 0.15) is 0 Å². The Morgan fingerprint density at radius 1 is 1.42 bits per heavy atom. The standard InChI is InChI=1S/C14H14ClNO3/c15-12-8-10(5-6-11(12)14(18)19)16-13(17)7-9-3-1-2-4-9/h1,3,5-6,8-9H,2,4,7H2,(H,16,17)(H,18,19). The van der Waals surface area contributed by atoms with E-state index in [2.05, 4.69) is 17.5 Å². The van der Waals surface area contributed by atoms with Crippen molar-refractivity contribution in [3.05, 3.63) is 40.9 Å². The molecule has 1 aromatic rings. The van der Waals surface area contributed by atoms with Crippen LogP contribution in [0.5, 0.6) is 0 Å². The van der Waals surface area contributed by atoms with Crippen LogP contribution in [0.1, 0.15) is 29.6 Å². The van der Waals surface area contributed by atoms with Crippen molar-refractivity contribution in [2.75, 3.05) is 5.32 Å². The maximum Gasteiger partial charge on any atom is 0.337 e. The van der Waals surface area contributed by atoms with Crippen molar-refractivity contribution in [3.63, 3.8) is 0 Å². The molecule has 2 rings (SSSR count). The topological polar surface area (TPSA) is 66.4 Å². The summed E-state index contributed by atoms with van der Waals surface area (Å²) in [6, 6.07) is 4.38. The van der Waals surface area contributed by atoms with Gasteiger partial charge >= 0.3 is 5.97 Å². The van der Waals surface area contributed by atoms with Crippen molar-refractivity contribution in [1.82, 2.24) is 0 Å². The van der Waals surface area contributed by atoms with Gasteiger partial charge in [-0.3, -0.25) is 4.79 Å². The highest BCUT2D eigenvalue weighted by molar-refractivity contribution is 6.33. The Labute approximate surface area is 116 Å². The van der Waals surface area contributed by atoms with E-state index in [1.807, 2.05) is 0 Å². The lowest BCUT2D eigenvalue weighted by molar-refractivity contribution is -0.116. The number of anilines is 1. The number of carbonyl (C=O) groups excluding carboxylic acids is 1. The average molecular weight is 280 g/mol. The molecule has 4 nitrogen and oxygen atoms in total.